The highest BCUT2D eigenvalue weighted by molar-refractivity contribution is 6.39. The number of anilines is 1. The molecule has 0 bridgehead atoms. The van der Waals surface area contributed by atoms with Gasteiger partial charge in [0.1, 0.15) is 11.4 Å². The maximum atomic E-state index is 13.1. The fraction of sp³-hybridized carbons (Fsp3) is 0.0556. The van der Waals surface area contributed by atoms with E-state index < -0.39 is 23.3 Å². The van der Waals surface area contributed by atoms with E-state index in [9.17, 15) is 18.8 Å². The molecule has 0 fully saturated rings. The first-order valence-corrected chi connectivity index (χ1v) is 7.39. The van der Waals surface area contributed by atoms with E-state index >= 15 is 0 Å². The summed E-state index contributed by atoms with van der Waals surface area (Å²) in [7, 11) is 0. The molecule has 3 aromatic rings. The van der Waals surface area contributed by atoms with E-state index in [-0.39, 0.29) is 6.54 Å². The average molecular weight is 340 g/mol. The first kappa shape index (κ1) is 16.4. The summed E-state index contributed by atoms with van der Waals surface area (Å²) >= 11 is 0. The highest BCUT2D eigenvalue weighted by Gasteiger charge is 2.14. The van der Waals surface area contributed by atoms with Gasteiger partial charge in [-0.1, -0.05) is 12.1 Å². The van der Waals surface area contributed by atoms with Gasteiger partial charge in [-0.25, -0.2) is 9.18 Å². The van der Waals surface area contributed by atoms with Gasteiger partial charge in [0.2, 0.25) is 0 Å². The molecule has 2 aromatic carbocycles. The van der Waals surface area contributed by atoms with Crippen LogP contribution >= 0.6 is 0 Å². The molecule has 0 radical (unpaired) electrons. The Labute approximate surface area is 141 Å². The molecule has 0 saturated carbocycles. The molecule has 0 saturated heterocycles. The Hall–Kier alpha value is -3.48. The van der Waals surface area contributed by atoms with E-state index in [0.29, 0.717) is 22.2 Å². The number of carbonyl (C=O) groups is 2. The van der Waals surface area contributed by atoms with Crippen LogP contribution in [-0.2, 0) is 16.1 Å². The molecule has 1 heterocycles. The molecule has 25 heavy (non-hydrogen) atoms. The second kappa shape index (κ2) is 6.96. The largest absolute Gasteiger partial charge is 0.423 e. The van der Waals surface area contributed by atoms with Gasteiger partial charge >= 0.3 is 17.4 Å². The fourth-order valence-electron chi connectivity index (χ4n) is 2.25. The summed E-state index contributed by atoms with van der Waals surface area (Å²) in [4.78, 5) is 34.9. The second-order valence-electron chi connectivity index (χ2n) is 5.27. The Morgan fingerprint density at radius 1 is 1.00 bits per heavy atom. The summed E-state index contributed by atoms with van der Waals surface area (Å²) in [6.45, 7) is 0.0346. The molecule has 7 heteroatoms. The number of rotatable bonds is 3. The van der Waals surface area contributed by atoms with Crippen LogP contribution in [0.3, 0.4) is 0 Å². The summed E-state index contributed by atoms with van der Waals surface area (Å²) < 4.78 is 18.1. The normalized spacial score (nSPS) is 10.4. The van der Waals surface area contributed by atoms with Crippen molar-refractivity contribution in [1.29, 1.82) is 0 Å². The smallest absolute Gasteiger partial charge is 0.336 e. The molecule has 0 unspecified atom stereocenters. The molecule has 1 aromatic heterocycles. The first-order valence-electron chi connectivity index (χ1n) is 7.39. The lowest BCUT2D eigenvalue weighted by atomic mass is 10.2. The summed E-state index contributed by atoms with van der Waals surface area (Å²) in [6, 6.07) is 13.2. The van der Waals surface area contributed by atoms with Gasteiger partial charge in [-0.3, -0.25) is 9.59 Å². The Kier molecular flexibility index (Phi) is 4.56. The number of hydrogen-bond donors (Lipinski definition) is 2. The number of nitrogens with one attached hydrogen (secondary N) is 2. The zero-order chi connectivity index (χ0) is 17.8. The van der Waals surface area contributed by atoms with Gasteiger partial charge < -0.3 is 15.1 Å². The second-order valence-corrected chi connectivity index (χ2v) is 5.27. The lowest BCUT2D eigenvalue weighted by Gasteiger charge is -2.07. The van der Waals surface area contributed by atoms with Crippen molar-refractivity contribution in [3.8, 4) is 0 Å². The predicted molar refractivity (Wildman–Crippen MR) is 89.4 cm³/mol. The Morgan fingerprint density at radius 3 is 2.64 bits per heavy atom. The van der Waals surface area contributed by atoms with Crippen LogP contribution in [-0.4, -0.2) is 11.8 Å². The summed E-state index contributed by atoms with van der Waals surface area (Å²) in [5.41, 5.74) is 0.830. The topological polar surface area (TPSA) is 88.4 Å². The van der Waals surface area contributed by atoms with Crippen LogP contribution in [0, 0.1) is 5.82 Å². The molecule has 0 aliphatic carbocycles. The molecular weight excluding hydrogens is 327 g/mol. The summed E-state index contributed by atoms with van der Waals surface area (Å²) in [6.07, 6.45) is 0. The van der Waals surface area contributed by atoms with Gasteiger partial charge in [0.15, 0.2) is 0 Å². The van der Waals surface area contributed by atoms with Crippen molar-refractivity contribution in [3.63, 3.8) is 0 Å². The molecule has 6 nitrogen and oxygen atoms in total. The van der Waals surface area contributed by atoms with Crippen LogP contribution < -0.4 is 16.3 Å². The lowest BCUT2D eigenvalue weighted by Crippen LogP contribution is -2.34. The van der Waals surface area contributed by atoms with E-state index in [1.165, 1.54) is 36.4 Å². The third-order valence-electron chi connectivity index (χ3n) is 3.43. The molecular formula is C18H13FN2O4. The highest BCUT2D eigenvalue weighted by Crippen LogP contribution is 2.17. The van der Waals surface area contributed by atoms with Crippen LogP contribution in [0.4, 0.5) is 10.1 Å². The van der Waals surface area contributed by atoms with Gasteiger partial charge in [-0.05, 0) is 42.0 Å². The molecule has 0 atom stereocenters. The van der Waals surface area contributed by atoms with Crippen LogP contribution in [0.2, 0.25) is 0 Å². The van der Waals surface area contributed by atoms with Crippen molar-refractivity contribution in [2.75, 3.05) is 5.32 Å². The van der Waals surface area contributed by atoms with E-state index in [4.69, 9.17) is 4.42 Å². The fourth-order valence-corrected chi connectivity index (χ4v) is 2.25. The first-order chi connectivity index (χ1) is 12.0. The molecule has 0 aliphatic heterocycles. The van der Waals surface area contributed by atoms with Crippen molar-refractivity contribution in [2.45, 2.75) is 6.54 Å². The van der Waals surface area contributed by atoms with Gasteiger partial charge in [0.25, 0.3) is 0 Å². The van der Waals surface area contributed by atoms with Gasteiger partial charge in [0, 0.05) is 23.7 Å². The van der Waals surface area contributed by atoms with Crippen LogP contribution in [0.5, 0.6) is 0 Å². The van der Waals surface area contributed by atoms with E-state index in [0.717, 1.165) is 0 Å². The lowest BCUT2D eigenvalue weighted by molar-refractivity contribution is -0.136. The quantitative estimate of drug-likeness (QED) is 0.565. The number of carbonyl (C=O) groups excluding carboxylic acids is 2. The minimum Gasteiger partial charge on any atom is -0.423 e. The van der Waals surface area contributed by atoms with Crippen LogP contribution in [0.1, 0.15) is 5.56 Å². The number of fused-ring (bicyclic) bond motifs is 1. The number of halogens is 1. The molecule has 0 aliphatic rings. The maximum Gasteiger partial charge on any atom is 0.336 e. The van der Waals surface area contributed by atoms with Gasteiger partial charge in [-0.2, -0.15) is 0 Å². The molecule has 2 N–H and O–H groups in total. The molecule has 3 rings (SSSR count). The zero-order valence-corrected chi connectivity index (χ0v) is 12.9. The van der Waals surface area contributed by atoms with E-state index in [1.807, 2.05) is 0 Å². The minimum absolute atomic E-state index is 0.0346. The van der Waals surface area contributed by atoms with Crippen molar-refractivity contribution >= 4 is 28.5 Å². The summed E-state index contributed by atoms with van der Waals surface area (Å²) in [5, 5.41) is 5.47. The van der Waals surface area contributed by atoms with Gasteiger partial charge in [0.05, 0.1) is 0 Å². The number of benzene rings is 2. The average Bonchev–Trinajstić information content (AvgIpc) is 2.60. The molecule has 0 spiro atoms. The Balaban J connectivity index is 1.64. The third-order valence-corrected chi connectivity index (χ3v) is 3.43. The maximum absolute atomic E-state index is 13.1. The van der Waals surface area contributed by atoms with Crippen LogP contribution in [0.15, 0.2) is 63.8 Å². The predicted octanol–water partition coefficient (Wildman–Crippen LogP) is 2.19. The van der Waals surface area contributed by atoms with Crippen molar-refractivity contribution in [1.82, 2.24) is 5.32 Å². The van der Waals surface area contributed by atoms with Crippen molar-refractivity contribution in [3.05, 3.63) is 76.4 Å². The van der Waals surface area contributed by atoms with Crippen molar-refractivity contribution in [2.24, 2.45) is 0 Å². The molecule has 126 valence electrons. The minimum atomic E-state index is -0.854. The van der Waals surface area contributed by atoms with E-state index in [2.05, 4.69) is 10.6 Å². The highest BCUT2D eigenvalue weighted by atomic mass is 19.1. The SMILES string of the molecule is O=C(NCc1cccc(F)c1)C(=O)Nc1ccc2oc(=O)ccc2c1. The van der Waals surface area contributed by atoms with Gasteiger partial charge in [-0.15, -0.1) is 0 Å². The Morgan fingerprint density at radius 2 is 1.84 bits per heavy atom. The summed E-state index contributed by atoms with van der Waals surface area (Å²) in [5.74, 6) is -2.11. The Bertz CT molecular complexity index is 1010. The van der Waals surface area contributed by atoms with Crippen molar-refractivity contribution < 1.29 is 18.4 Å². The zero-order valence-electron chi connectivity index (χ0n) is 12.9. The van der Waals surface area contributed by atoms with E-state index in [1.54, 1.807) is 18.2 Å². The number of hydrogen-bond acceptors (Lipinski definition) is 4. The third kappa shape index (κ3) is 4.08. The molecule has 2 amide bonds. The standard InChI is InChI=1S/C18H13FN2O4/c19-13-3-1-2-11(8-13)10-20-17(23)18(24)21-14-5-6-15-12(9-14)4-7-16(22)25-15/h1-9H,10H2,(H,20,23)(H,21,24). The van der Waals surface area contributed by atoms with Crippen LogP contribution in [0.25, 0.3) is 11.0 Å². The monoisotopic (exact) mass is 340 g/mol. The number of amides is 2.